The lowest BCUT2D eigenvalue weighted by Crippen LogP contribution is -2.35. The van der Waals surface area contributed by atoms with Gasteiger partial charge >= 0.3 is 5.97 Å². The molecule has 0 radical (unpaired) electrons. The number of carboxylic acids is 1. The minimum absolute atomic E-state index is 0.0949. The maximum Gasteiger partial charge on any atom is 0.317 e. The Labute approximate surface area is 73.2 Å². The zero-order chi connectivity index (χ0) is 8.97. The molecule has 1 rings (SSSR count). The highest BCUT2D eigenvalue weighted by molar-refractivity contribution is 5.69. The van der Waals surface area contributed by atoms with E-state index in [1.165, 1.54) is 25.7 Å². The Balaban J connectivity index is 2.17. The van der Waals surface area contributed by atoms with Crippen LogP contribution in [-0.4, -0.2) is 23.7 Å². The second-order valence-electron chi connectivity index (χ2n) is 3.61. The van der Waals surface area contributed by atoms with Crippen molar-refractivity contribution in [2.75, 3.05) is 6.54 Å². The van der Waals surface area contributed by atoms with Gasteiger partial charge in [-0.25, -0.2) is 0 Å². The van der Waals surface area contributed by atoms with Gasteiger partial charge in [-0.3, -0.25) is 4.79 Å². The van der Waals surface area contributed by atoms with Gasteiger partial charge in [0.1, 0.15) is 0 Å². The zero-order valence-electron chi connectivity index (χ0n) is 7.55. The summed E-state index contributed by atoms with van der Waals surface area (Å²) in [6, 6.07) is 0.364. The predicted molar refractivity (Wildman–Crippen MR) is 47.1 cm³/mol. The van der Waals surface area contributed by atoms with E-state index in [2.05, 4.69) is 12.2 Å². The molecule has 2 N–H and O–H groups in total. The van der Waals surface area contributed by atoms with Crippen molar-refractivity contribution >= 4 is 5.97 Å². The summed E-state index contributed by atoms with van der Waals surface area (Å²) in [5.41, 5.74) is 0. The SMILES string of the molecule is C[C@H](NCC(=O)O)C1CCCC1. The maximum atomic E-state index is 10.3. The fraction of sp³-hybridized carbons (Fsp3) is 0.889. The maximum absolute atomic E-state index is 10.3. The first-order valence-corrected chi connectivity index (χ1v) is 4.65. The van der Waals surface area contributed by atoms with Gasteiger partial charge in [0.2, 0.25) is 0 Å². The summed E-state index contributed by atoms with van der Waals surface area (Å²) in [7, 11) is 0. The van der Waals surface area contributed by atoms with E-state index in [9.17, 15) is 4.79 Å². The first-order chi connectivity index (χ1) is 5.70. The summed E-state index contributed by atoms with van der Waals surface area (Å²) in [5.74, 6) is -0.0656. The molecule has 70 valence electrons. The Morgan fingerprint density at radius 2 is 2.17 bits per heavy atom. The molecule has 0 heterocycles. The number of aliphatic carboxylic acids is 1. The summed E-state index contributed by atoms with van der Waals surface area (Å²) in [4.78, 5) is 10.3. The van der Waals surface area contributed by atoms with Crippen LogP contribution in [0.25, 0.3) is 0 Å². The molecule has 3 heteroatoms. The third kappa shape index (κ3) is 2.81. The van der Waals surface area contributed by atoms with Crippen LogP contribution in [0.1, 0.15) is 32.6 Å². The lowest BCUT2D eigenvalue weighted by atomic mass is 10.00. The summed E-state index contributed by atoms with van der Waals surface area (Å²) >= 11 is 0. The quantitative estimate of drug-likeness (QED) is 0.669. The molecule has 1 atom stereocenters. The minimum Gasteiger partial charge on any atom is -0.480 e. The minimum atomic E-state index is -0.764. The molecule has 3 nitrogen and oxygen atoms in total. The smallest absolute Gasteiger partial charge is 0.317 e. The van der Waals surface area contributed by atoms with Crippen molar-refractivity contribution in [3.8, 4) is 0 Å². The van der Waals surface area contributed by atoms with Gasteiger partial charge in [-0.2, -0.15) is 0 Å². The van der Waals surface area contributed by atoms with Crippen LogP contribution in [0.5, 0.6) is 0 Å². The standard InChI is InChI=1S/C9H17NO2/c1-7(10-6-9(11)12)8-4-2-3-5-8/h7-8,10H,2-6H2,1H3,(H,11,12)/t7-/m0/s1. The Kier molecular flexibility index (Phi) is 3.53. The molecule has 0 unspecified atom stereocenters. The number of hydrogen-bond donors (Lipinski definition) is 2. The normalized spacial score (nSPS) is 21.1. The number of nitrogens with one attached hydrogen (secondary N) is 1. The monoisotopic (exact) mass is 171 g/mol. The van der Waals surface area contributed by atoms with Crippen LogP contribution < -0.4 is 5.32 Å². The third-order valence-electron chi connectivity index (χ3n) is 2.68. The second kappa shape index (κ2) is 4.45. The Hall–Kier alpha value is -0.570. The van der Waals surface area contributed by atoms with Crippen molar-refractivity contribution in [3.63, 3.8) is 0 Å². The molecule has 0 bridgehead atoms. The summed E-state index contributed by atoms with van der Waals surface area (Å²) < 4.78 is 0. The van der Waals surface area contributed by atoms with Crippen LogP contribution >= 0.6 is 0 Å². The molecule has 1 aliphatic carbocycles. The number of carboxylic acid groups (broad SMARTS) is 1. The molecule has 1 saturated carbocycles. The topological polar surface area (TPSA) is 49.3 Å². The number of rotatable bonds is 4. The highest BCUT2D eigenvalue weighted by atomic mass is 16.4. The predicted octanol–water partition coefficient (Wildman–Crippen LogP) is 1.24. The van der Waals surface area contributed by atoms with E-state index < -0.39 is 5.97 Å². The molecule has 0 aromatic heterocycles. The molecule has 0 aromatic carbocycles. The zero-order valence-corrected chi connectivity index (χ0v) is 7.55. The summed E-state index contributed by atoms with van der Waals surface area (Å²) in [6.45, 7) is 2.18. The highest BCUT2D eigenvalue weighted by Gasteiger charge is 2.21. The van der Waals surface area contributed by atoms with Gasteiger partial charge in [-0.15, -0.1) is 0 Å². The third-order valence-corrected chi connectivity index (χ3v) is 2.68. The summed E-state index contributed by atoms with van der Waals surface area (Å²) in [6.07, 6.45) is 5.13. The van der Waals surface area contributed by atoms with E-state index in [0.29, 0.717) is 12.0 Å². The van der Waals surface area contributed by atoms with E-state index in [4.69, 9.17) is 5.11 Å². The molecule has 0 saturated heterocycles. The average molecular weight is 171 g/mol. The molecule has 0 aliphatic heterocycles. The number of hydrogen-bond acceptors (Lipinski definition) is 2. The van der Waals surface area contributed by atoms with Crippen LogP contribution in [0.4, 0.5) is 0 Å². The van der Waals surface area contributed by atoms with Crippen LogP contribution in [0.2, 0.25) is 0 Å². The molecular formula is C9H17NO2. The van der Waals surface area contributed by atoms with E-state index in [1.807, 2.05) is 0 Å². The van der Waals surface area contributed by atoms with E-state index in [-0.39, 0.29) is 6.54 Å². The van der Waals surface area contributed by atoms with Crippen molar-refractivity contribution in [2.45, 2.75) is 38.6 Å². The first-order valence-electron chi connectivity index (χ1n) is 4.65. The average Bonchev–Trinajstić information content (AvgIpc) is 2.51. The van der Waals surface area contributed by atoms with Crippen molar-refractivity contribution in [1.29, 1.82) is 0 Å². The Morgan fingerprint density at radius 3 is 2.67 bits per heavy atom. The van der Waals surface area contributed by atoms with Gasteiger partial charge in [0, 0.05) is 6.04 Å². The van der Waals surface area contributed by atoms with E-state index in [1.54, 1.807) is 0 Å². The number of carbonyl (C=O) groups is 1. The van der Waals surface area contributed by atoms with Gasteiger partial charge in [-0.1, -0.05) is 12.8 Å². The van der Waals surface area contributed by atoms with Crippen molar-refractivity contribution in [3.05, 3.63) is 0 Å². The van der Waals surface area contributed by atoms with Gasteiger partial charge in [0.15, 0.2) is 0 Å². The van der Waals surface area contributed by atoms with Gasteiger partial charge in [0.25, 0.3) is 0 Å². The lowest BCUT2D eigenvalue weighted by Gasteiger charge is -2.18. The fourth-order valence-corrected chi connectivity index (χ4v) is 1.87. The van der Waals surface area contributed by atoms with Gasteiger partial charge in [0.05, 0.1) is 6.54 Å². The second-order valence-corrected chi connectivity index (χ2v) is 3.61. The molecule has 0 spiro atoms. The van der Waals surface area contributed by atoms with Crippen molar-refractivity contribution < 1.29 is 9.90 Å². The van der Waals surface area contributed by atoms with Crippen molar-refractivity contribution in [1.82, 2.24) is 5.32 Å². The Bertz CT molecular complexity index is 153. The van der Waals surface area contributed by atoms with Crippen molar-refractivity contribution in [2.24, 2.45) is 5.92 Å². The molecule has 1 fully saturated rings. The lowest BCUT2D eigenvalue weighted by molar-refractivity contribution is -0.136. The van der Waals surface area contributed by atoms with Crippen LogP contribution in [0.3, 0.4) is 0 Å². The molecule has 0 amide bonds. The van der Waals surface area contributed by atoms with Crippen LogP contribution in [-0.2, 0) is 4.79 Å². The molecule has 12 heavy (non-hydrogen) atoms. The largest absolute Gasteiger partial charge is 0.480 e. The van der Waals surface area contributed by atoms with Crippen LogP contribution in [0.15, 0.2) is 0 Å². The van der Waals surface area contributed by atoms with Crippen LogP contribution in [0, 0.1) is 5.92 Å². The summed E-state index contributed by atoms with van der Waals surface area (Å²) in [5, 5.41) is 11.5. The fourth-order valence-electron chi connectivity index (χ4n) is 1.87. The van der Waals surface area contributed by atoms with E-state index >= 15 is 0 Å². The van der Waals surface area contributed by atoms with Gasteiger partial charge < -0.3 is 10.4 Å². The highest BCUT2D eigenvalue weighted by Crippen LogP contribution is 2.27. The molecular weight excluding hydrogens is 154 g/mol. The first kappa shape index (κ1) is 9.52. The van der Waals surface area contributed by atoms with E-state index in [0.717, 1.165) is 0 Å². The Morgan fingerprint density at radius 1 is 1.58 bits per heavy atom. The molecule has 1 aliphatic rings. The van der Waals surface area contributed by atoms with Gasteiger partial charge in [-0.05, 0) is 25.7 Å². The molecule has 0 aromatic rings.